The second-order valence-electron chi connectivity index (χ2n) is 7.55. The van der Waals surface area contributed by atoms with Gasteiger partial charge in [-0.15, -0.1) is 11.3 Å². The summed E-state index contributed by atoms with van der Waals surface area (Å²) in [6.07, 6.45) is 0. The number of aryl methyl sites for hydroxylation is 1. The number of ether oxygens (including phenoxy) is 1. The number of benzene rings is 1. The lowest BCUT2D eigenvalue weighted by Gasteiger charge is -2.25. The molecule has 0 fully saturated rings. The summed E-state index contributed by atoms with van der Waals surface area (Å²) in [4.78, 5) is 21.0. The Balaban J connectivity index is 1.99. The van der Waals surface area contributed by atoms with Gasteiger partial charge in [0.15, 0.2) is 0 Å². The fourth-order valence-electron chi connectivity index (χ4n) is 2.61. The van der Waals surface area contributed by atoms with E-state index >= 15 is 0 Å². The Morgan fingerprint density at radius 3 is 2.68 bits per heavy atom. The highest BCUT2D eigenvalue weighted by Gasteiger charge is 2.17. The van der Waals surface area contributed by atoms with Crippen molar-refractivity contribution in [3.63, 3.8) is 0 Å². The topological polar surface area (TPSA) is 57.7 Å². The van der Waals surface area contributed by atoms with Gasteiger partial charge < -0.3 is 19.9 Å². The van der Waals surface area contributed by atoms with E-state index in [0.29, 0.717) is 19.7 Å². The summed E-state index contributed by atoms with van der Waals surface area (Å²) in [5, 5.41) is 5.89. The average molecular weight is 405 g/mol. The molecule has 0 radical (unpaired) electrons. The van der Waals surface area contributed by atoms with Crippen molar-refractivity contribution in [3.8, 4) is 5.75 Å². The van der Waals surface area contributed by atoms with E-state index in [1.807, 2.05) is 50.4 Å². The van der Waals surface area contributed by atoms with Crippen LogP contribution in [0.1, 0.15) is 35.7 Å². The number of urea groups is 1. The van der Waals surface area contributed by atoms with Crippen LogP contribution in [0.25, 0.3) is 0 Å². The van der Waals surface area contributed by atoms with Crippen molar-refractivity contribution in [1.82, 2.24) is 20.1 Å². The Hall–Kier alpha value is -2.12. The van der Waals surface area contributed by atoms with Gasteiger partial charge in [-0.05, 0) is 59.0 Å². The largest absolute Gasteiger partial charge is 0.486 e. The lowest BCUT2D eigenvalue weighted by Crippen LogP contribution is -2.45. The first kappa shape index (κ1) is 22.2. The van der Waals surface area contributed by atoms with Crippen molar-refractivity contribution in [2.45, 2.75) is 46.9 Å². The number of aromatic nitrogens is 1. The highest BCUT2D eigenvalue weighted by Crippen LogP contribution is 2.22. The molecule has 28 heavy (non-hydrogen) atoms. The van der Waals surface area contributed by atoms with Gasteiger partial charge >= 0.3 is 6.03 Å². The molecule has 0 atom stereocenters. The van der Waals surface area contributed by atoms with Crippen LogP contribution in [0.5, 0.6) is 5.75 Å². The van der Waals surface area contributed by atoms with Gasteiger partial charge in [0.2, 0.25) is 0 Å². The summed E-state index contributed by atoms with van der Waals surface area (Å²) in [5.74, 6) is 0.890. The summed E-state index contributed by atoms with van der Waals surface area (Å²) in [7, 11) is 4.01. The number of rotatable bonds is 9. The first-order chi connectivity index (χ1) is 13.3. The minimum absolute atomic E-state index is 0.0574. The number of carbonyl (C=O) groups excluding carboxylic acids is 1. The molecule has 1 N–H and O–H groups in total. The first-order valence-electron chi connectivity index (χ1n) is 9.58. The van der Waals surface area contributed by atoms with Crippen molar-refractivity contribution in [2.75, 3.05) is 27.2 Å². The van der Waals surface area contributed by atoms with Crippen molar-refractivity contribution in [2.24, 2.45) is 0 Å². The van der Waals surface area contributed by atoms with Gasteiger partial charge in [0.25, 0.3) is 0 Å². The lowest BCUT2D eigenvalue weighted by atomic mass is 10.1. The maximum atomic E-state index is 12.5. The van der Waals surface area contributed by atoms with Gasteiger partial charge in [-0.25, -0.2) is 9.78 Å². The van der Waals surface area contributed by atoms with Gasteiger partial charge in [-0.3, -0.25) is 0 Å². The summed E-state index contributed by atoms with van der Waals surface area (Å²) in [5.41, 5.74) is 3.26. The predicted octanol–water partition coefficient (Wildman–Crippen LogP) is 3.82. The first-order valence-corrected chi connectivity index (χ1v) is 10.5. The smallest absolute Gasteiger partial charge is 0.317 e. The van der Waals surface area contributed by atoms with Crippen LogP contribution in [-0.2, 0) is 13.2 Å². The predicted molar refractivity (Wildman–Crippen MR) is 115 cm³/mol. The molecule has 0 saturated heterocycles. The Morgan fingerprint density at radius 2 is 2.00 bits per heavy atom. The molecule has 2 amide bonds. The number of thiazole rings is 1. The molecule has 0 aliphatic rings. The van der Waals surface area contributed by atoms with Crippen LogP contribution in [0.15, 0.2) is 23.6 Å². The Kier molecular flexibility index (Phi) is 8.26. The molecule has 0 spiro atoms. The zero-order valence-electron chi connectivity index (χ0n) is 17.8. The van der Waals surface area contributed by atoms with E-state index < -0.39 is 0 Å². The molecule has 7 heteroatoms. The van der Waals surface area contributed by atoms with Crippen LogP contribution >= 0.6 is 11.3 Å². The molecule has 6 nitrogen and oxygen atoms in total. The van der Waals surface area contributed by atoms with Crippen LogP contribution < -0.4 is 10.1 Å². The highest BCUT2D eigenvalue weighted by molar-refractivity contribution is 7.09. The van der Waals surface area contributed by atoms with Crippen LogP contribution in [0.2, 0.25) is 0 Å². The quantitative estimate of drug-likeness (QED) is 0.690. The van der Waals surface area contributed by atoms with E-state index in [4.69, 9.17) is 4.74 Å². The second kappa shape index (κ2) is 10.4. The summed E-state index contributed by atoms with van der Waals surface area (Å²) < 4.78 is 5.95. The zero-order valence-corrected chi connectivity index (χ0v) is 18.6. The van der Waals surface area contributed by atoms with E-state index in [-0.39, 0.29) is 12.1 Å². The SMILES string of the molecule is Cc1cccc(OCc2nc(CN(CCN(C)C)C(=O)NC(C)C)cs2)c1C. The van der Waals surface area contributed by atoms with Crippen LogP contribution in [-0.4, -0.2) is 54.0 Å². The Morgan fingerprint density at radius 1 is 1.25 bits per heavy atom. The van der Waals surface area contributed by atoms with E-state index in [9.17, 15) is 4.79 Å². The van der Waals surface area contributed by atoms with Gasteiger partial charge in [0.1, 0.15) is 17.4 Å². The number of nitrogens with zero attached hydrogens (tertiary/aromatic N) is 3. The van der Waals surface area contributed by atoms with E-state index in [0.717, 1.165) is 28.6 Å². The third-order valence-electron chi connectivity index (χ3n) is 4.37. The average Bonchev–Trinajstić information content (AvgIpc) is 3.06. The number of nitrogens with one attached hydrogen (secondary N) is 1. The minimum atomic E-state index is -0.0574. The van der Waals surface area contributed by atoms with Crippen molar-refractivity contribution < 1.29 is 9.53 Å². The second-order valence-corrected chi connectivity index (χ2v) is 8.49. The van der Waals surface area contributed by atoms with Crippen molar-refractivity contribution in [3.05, 3.63) is 45.4 Å². The highest BCUT2D eigenvalue weighted by atomic mass is 32.1. The number of likely N-dealkylation sites (N-methyl/N-ethyl adjacent to an activating group) is 1. The maximum absolute atomic E-state index is 12.5. The molecule has 0 bridgehead atoms. The molecule has 1 aromatic carbocycles. The van der Waals surface area contributed by atoms with Gasteiger partial charge in [-0.1, -0.05) is 12.1 Å². The zero-order chi connectivity index (χ0) is 20.7. The lowest BCUT2D eigenvalue weighted by molar-refractivity contribution is 0.185. The van der Waals surface area contributed by atoms with Crippen LogP contribution in [0, 0.1) is 13.8 Å². The molecule has 0 saturated carbocycles. The van der Waals surface area contributed by atoms with E-state index in [1.54, 1.807) is 11.3 Å². The monoisotopic (exact) mass is 404 g/mol. The van der Waals surface area contributed by atoms with Crippen LogP contribution in [0.4, 0.5) is 4.79 Å². The summed E-state index contributed by atoms with van der Waals surface area (Å²) in [6, 6.07) is 6.11. The third kappa shape index (κ3) is 6.80. The molecule has 0 aliphatic carbocycles. The van der Waals surface area contributed by atoms with E-state index in [2.05, 4.69) is 35.1 Å². The Labute approximate surface area is 172 Å². The standard InChI is InChI=1S/C21H32N4O2S/c1-15(2)22-21(26)25(11-10-24(5)6)12-18-14-28-20(23-18)13-27-19-9-7-8-16(3)17(19)4/h7-9,14-15H,10-13H2,1-6H3,(H,22,26). The molecular weight excluding hydrogens is 372 g/mol. The number of carbonyl (C=O) groups is 1. The number of hydrogen-bond acceptors (Lipinski definition) is 5. The molecule has 154 valence electrons. The molecule has 0 aliphatic heterocycles. The van der Waals surface area contributed by atoms with Crippen molar-refractivity contribution in [1.29, 1.82) is 0 Å². The van der Waals surface area contributed by atoms with Gasteiger partial charge in [0, 0.05) is 24.5 Å². The maximum Gasteiger partial charge on any atom is 0.317 e. The minimum Gasteiger partial charge on any atom is -0.486 e. The molecule has 2 rings (SSSR count). The fourth-order valence-corrected chi connectivity index (χ4v) is 3.31. The summed E-state index contributed by atoms with van der Waals surface area (Å²) in [6.45, 7) is 10.5. The molecule has 0 unspecified atom stereocenters. The summed E-state index contributed by atoms with van der Waals surface area (Å²) >= 11 is 1.57. The van der Waals surface area contributed by atoms with Gasteiger partial charge in [0.05, 0.1) is 12.2 Å². The fraction of sp³-hybridized carbons (Fsp3) is 0.524. The molecule has 1 aromatic heterocycles. The molecular formula is C21H32N4O2S. The molecule has 1 heterocycles. The number of hydrogen-bond donors (Lipinski definition) is 1. The van der Waals surface area contributed by atoms with Crippen LogP contribution in [0.3, 0.4) is 0 Å². The Bertz CT molecular complexity index is 774. The third-order valence-corrected chi connectivity index (χ3v) is 5.25. The van der Waals surface area contributed by atoms with Gasteiger partial charge in [-0.2, -0.15) is 0 Å². The normalized spacial score (nSPS) is 11.1. The van der Waals surface area contributed by atoms with E-state index in [1.165, 1.54) is 5.56 Å². The molecule has 2 aromatic rings. The van der Waals surface area contributed by atoms with Crippen molar-refractivity contribution >= 4 is 17.4 Å². The number of amides is 2.